The number of aromatic nitrogens is 2. The Kier molecular flexibility index (Phi) is 9.40. The van der Waals surface area contributed by atoms with Crippen LogP contribution in [0.25, 0.3) is 0 Å². The van der Waals surface area contributed by atoms with Crippen molar-refractivity contribution in [1.82, 2.24) is 9.55 Å². The van der Waals surface area contributed by atoms with Crippen molar-refractivity contribution in [1.29, 1.82) is 0 Å². The molecule has 2 aromatic rings. The first-order valence-electron chi connectivity index (χ1n) is 10.3. The maximum Gasteiger partial charge on any atom is 0.105 e. The number of aryl methyl sites for hydroxylation is 2. The molecular weight excluding hydrogens is 304 g/mol. The van der Waals surface area contributed by atoms with Crippen LogP contribution in [-0.4, -0.2) is 9.55 Å². The summed E-state index contributed by atoms with van der Waals surface area (Å²) < 4.78 is 2.19. The first-order valence-corrected chi connectivity index (χ1v) is 10.3. The van der Waals surface area contributed by atoms with Gasteiger partial charge in [0.15, 0.2) is 0 Å². The van der Waals surface area contributed by atoms with Crippen molar-refractivity contribution in [3.05, 3.63) is 53.6 Å². The first-order chi connectivity index (χ1) is 12.3. The molecule has 0 amide bonds. The van der Waals surface area contributed by atoms with Crippen LogP contribution >= 0.6 is 0 Å². The fourth-order valence-corrected chi connectivity index (χ4v) is 3.40. The van der Waals surface area contributed by atoms with Crippen molar-refractivity contribution >= 4 is 0 Å². The van der Waals surface area contributed by atoms with Gasteiger partial charge >= 0.3 is 0 Å². The zero-order chi connectivity index (χ0) is 17.7. The topological polar surface area (TPSA) is 17.8 Å². The Morgan fingerprint density at radius 2 is 1.32 bits per heavy atom. The van der Waals surface area contributed by atoms with Gasteiger partial charge in [0, 0.05) is 18.9 Å². The predicted molar refractivity (Wildman–Crippen MR) is 108 cm³/mol. The number of unbranched alkanes of at least 4 members (excludes halogenated alkanes) is 9. The van der Waals surface area contributed by atoms with Gasteiger partial charge in [0.25, 0.3) is 0 Å². The molecule has 2 heteroatoms. The largest absolute Gasteiger partial charge is 0.331 e. The average molecular weight is 341 g/mol. The second kappa shape index (κ2) is 11.9. The molecule has 0 spiro atoms. The monoisotopic (exact) mass is 340 g/mol. The summed E-state index contributed by atoms with van der Waals surface area (Å²) in [6, 6.07) is 9.14. The minimum absolute atomic E-state index is 0.921. The standard InChI is InChI=1S/C23H36N2/c1-3-4-5-6-7-8-9-10-11-12-13-22-14-16-23(17-15-22)20-25-19-18-24-21(25)2/h14-19H,3-13,20H2,1-2H3. The third-order valence-electron chi connectivity index (χ3n) is 5.12. The molecule has 0 aliphatic rings. The molecule has 0 aliphatic heterocycles. The van der Waals surface area contributed by atoms with Gasteiger partial charge in [-0.15, -0.1) is 0 Å². The molecular formula is C23H36N2. The van der Waals surface area contributed by atoms with Crippen molar-refractivity contribution in [2.24, 2.45) is 0 Å². The van der Waals surface area contributed by atoms with Crippen LogP contribution in [0.3, 0.4) is 0 Å². The van der Waals surface area contributed by atoms with Crippen LogP contribution in [0.5, 0.6) is 0 Å². The van der Waals surface area contributed by atoms with E-state index < -0.39 is 0 Å². The van der Waals surface area contributed by atoms with E-state index in [0.29, 0.717) is 0 Å². The van der Waals surface area contributed by atoms with Crippen molar-refractivity contribution < 1.29 is 0 Å². The van der Waals surface area contributed by atoms with Crippen LogP contribution in [0.15, 0.2) is 36.7 Å². The van der Waals surface area contributed by atoms with Crippen LogP contribution < -0.4 is 0 Å². The number of hydrogen-bond acceptors (Lipinski definition) is 1. The molecule has 2 rings (SSSR count). The van der Waals surface area contributed by atoms with Crippen molar-refractivity contribution in [3.63, 3.8) is 0 Å². The van der Waals surface area contributed by atoms with Gasteiger partial charge in [-0.1, -0.05) is 89.0 Å². The van der Waals surface area contributed by atoms with Crippen LogP contribution in [0.1, 0.15) is 88.1 Å². The third kappa shape index (κ3) is 7.90. The van der Waals surface area contributed by atoms with Gasteiger partial charge in [-0.3, -0.25) is 0 Å². The Morgan fingerprint density at radius 3 is 1.88 bits per heavy atom. The Labute approximate surface area is 154 Å². The Bertz CT molecular complexity index is 568. The van der Waals surface area contributed by atoms with Crippen LogP contribution in [0.2, 0.25) is 0 Å². The van der Waals surface area contributed by atoms with E-state index in [2.05, 4.69) is 47.7 Å². The fraction of sp³-hybridized carbons (Fsp3) is 0.609. The molecule has 0 saturated heterocycles. The molecule has 138 valence electrons. The van der Waals surface area contributed by atoms with Gasteiger partial charge in [-0.05, 0) is 30.9 Å². The molecule has 0 atom stereocenters. The Morgan fingerprint density at radius 1 is 0.760 bits per heavy atom. The smallest absolute Gasteiger partial charge is 0.105 e. The highest BCUT2D eigenvalue weighted by molar-refractivity contribution is 5.23. The van der Waals surface area contributed by atoms with Crippen molar-refractivity contribution in [2.45, 2.75) is 91.0 Å². The lowest BCUT2D eigenvalue weighted by molar-refractivity contribution is 0.556. The van der Waals surface area contributed by atoms with Crippen LogP contribution in [-0.2, 0) is 13.0 Å². The van der Waals surface area contributed by atoms with E-state index in [-0.39, 0.29) is 0 Å². The first kappa shape index (κ1) is 19.8. The summed E-state index contributed by atoms with van der Waals surface area (Å²) in [6.45, 7) is 5.26. The lowest BCUT2D eigenvalue weighted by Crippen LogP contribution is -2.00. The molecule has 1 aromatic heterocycles. The number of rotatable bonds is 13. The molecule has 2 nitrogen and oxygen atoms in total. The molecule has 0 saturated carbocycles. The summed E-state index contributed by atoms with van der Waals surface area (Å²) >= 11 is 0. The van der Waals surface area contributed by atoms with Gasteiger partial charge in [-0.25, -0.2) is 4.98 Å². The van der Waals surface area contributed by atoms with E-state index in [1.807, 2.05) is 12.4 Å². The molecule has 0 unspecified atom stereocenters. The normalized spacial score (nSPS) is 11.1. The van der Waals surface area contributed by atoms with Crippen molar-refractivity contribution in [3.8, 4) is 0 Å². The molecule has 0 bridgehead atoms. The van der Waals surface area contributed by atoms with E-state index in [1.165, 1.54) is 81.8 Å². The van der Waals surface area contributed by atoms with Crippen molar-refractivity contribution in [2.75, 3.05) is 0 Å². The highest BCUT2D eigenvalue weighted by atomic mass is 15.0. The van der Waals surface area contributed by atoms with Gasteiger partial charge in [-0.2, -0.15) is 0 Å². The maximum absolute atomic E-state index is 4.28. The number of nitrogens with zero attached hydrogens (tertiary/aromatic N) is 2. The maximum atomic E-state index is 4.28. The van der Waals surface area contributed by atoms with Crippen LogP contribution in [0.4, 0.5) is 0 Å². The minimum atomic E-state index is 0.921. The molecule has 0 fully saturated rings. The van der Waals surface area contributed by atoms with Gasteiger partial charge in [0.2, 0.25) is 0 Å². The van der Waals surface area contributed by atoms with E-state index in [4.69, 9.17) is 0 Å². The quantitative estimate of drug-likeness (QED) is 0.371. The molecule has 1 heterocycles. The molecule has 0 N–H and O–H groups in total. The summed E-state index contributed by atoms with van der Waals surface area (Å²) in [6.07, 6.45) is 19.2. The van der Waals surface area contributed by atoms with Gasteiger partial charge in [0.1, 0.15) is 5.82 Å². The molecule has 1 aromatic carbocycles. The van der Waals surface area contributed by atoms with E-state index in [0.717, 1.165) is 12.4 Å². The van der Waals surface area contributed by atoms with Gasteiger partial charge in [0.05, 0.1) is 0 Å². The molecule has 25 heavy (non-hydrogen) atoms. The number of imidazole rings is 1. The lowest BCUT2D eigenvalue weighted by atomic mass is 10.0. The minimum Gasteiger partial charge on any atom is -0.331 e. The SMILES string of the molecule is CCCCCCCCCCCCc1ccc(Cn2ccnc2C)cc1. The summed E-state index contributed by atoms with van der Waals surface area (Å²) in [5.74, 6) is 1.08. The van der Waals surface area contributed by atoms with Crippen LogP contribution in [0, 0.1) is 6.92 Å². The zero-order valence-corrected chi connectivity index (χ0v) is 16.3. The lowest BCUT2D eigenvalue weighted by Gasteiger charge is -2.07. The molecule has 0 radical (unpaired) electrons. The Balaban J connectivity index is 1.54. The predicted octanol–water partition coefficient (Wildman–Crippen LogP) is 6.70. The van der Waals surface area contributed by atoms with E-state index in [1.54, 1.807) is 0 Å². The summed E-state index contributed by atoms with van der Waals surface area (Å²) in [5.41, 5.74) is 2.83. The number of benzene rings is 1. The average Bonchev–Trinajstić information content (AvgIpc) is 3.03. The van der Waals surface area contributed by atoms with E-state index >= 15 is 0 Å². The highest BCUT2D eigenvalue weighted by Crippen LogP contribution is 2.13. The summed E-state index contributed by atoms with van der Waals surface area (Å²) in [4.78, 5) is 4.28. The summed E-state index contributed by atoms with van der Waals surface area (Å²) in [5, 5.41) is 0. The van der Waals surface area contributed by atoms with E-state index in [9.17, 15) is 0 Å². The zero-order valence-electron chi connectivity index (χ0n) is 16.3. The second-order valence-corrected chi connectivity index (χ2v) is 7.35. The Hall–Kier alpha value is -1.57. The highest BCUT2D eigenvalue weighted by Gasteiger charge is 2.00. The van der Waals surface area contributed by atoms with Gasteiger partial charge < -0.3 is 4.57 Å². The summed E-state index contributed by atoms with van der Waals surface area (Å²) in [7, 11) is 0. The molecule has 0 aliphatic carbocycles. The fourth-order valence-electron chi connectivity index (χ4n) is 3.40. The number of hydrogen-bond donors (Lipinski definition) is 0. The third-order valence-corrected chi connectivity index (χ3v) is 5.12. The second-order valence-electron chi connectivity index (χ2n) is 7.35.